The van der Waals surface area contributed by atoms with Gasteiger partial charge in [0.25, 0.3) is 0 Å². The standard InChI is InChI=1S/C11H16N2O2/c1-6-4-5-9(7(2)10(6)14)13-11(15)8(3)12/h4-5,8,14H,12H2,1-3H3,(H,13,15)/t8-/m1/s1. The zero-order valence-electron chi connectivity index (χ0n) is 9.16. The SMILES string of the molecule is Cc1ccc(NC(=O)[C@@H](C)N)c(C)c1O. The van der Waals surface area contributed by atoms with Crippen LogP contribution >= 0.6 is 0 Å². The number of phenols is 1. The highest BCUT2D eigenvalue weighted by molar-refractivity contribution is 5.95. The van der Waals surface area contributed by atoms with Crippen molar-refractivity contribution in [1.82, 2.24) is 0 Å². The molecule has 0 unspecified atom stereocenters. The molecule has 0 fully saturated rings. The van der Waals surface area contributed by atoms with Crippen molar-refractivity contribution in [2.45, 2.75) is 26.8 Å². The number of hydrogen-bond acceptors (Lipinski definition) is 3. The van der Waals surface area contributed by atoms with Crippen molar-refractivity contribution in [1.29, 1.82) is 0 Å². The lowest BCUT2D eigenvalue weighted by atomic mass is 10.1. The third-order valence-corrected chi connectivity index (χ3v) is 2.30. The Morgan fingerprint density at radius 3 is 2.60 bits per heavy atom. The van der Waals surface area contributed by atoms with Crippen LogP contribution in [0.4, 0.5) is 5.69 Å². The van der Waals surface area contributed by atoms with Gasteiger partial charge in [-0.05, 0) is 32.4 Å². The number of carbonyl (C=O) groups excluding carboxylic acids is 1. The van der Waals surface area contributed by atoms with E-state index in [1.54, 1.807) is 32.9 Å². The fraction of sp³-hybridized carbons (Fsp3) is 0.364. The molecular weight excluding hydrogens is 192 g/mol. The quantitative estimate of drug-likeness (QED) is 0.685. The second-order valence-electron chi connectivity index (χ2n) is 3.68. The first-order valence-electron chi connectivity index (χ1n) is 4.79. The number of anilines is 1. The maximum atomic E-state index is 11.3. The smallest absolute Gasteiger partial charge is 0.241 e. The van der Waals surface area contributed by atoms with Crippen molar-refractivity contribution in [3.05, 3.63) is 23.3 Å². The van der Waals surface area contributed by atoms with Crippen LogP contribution in [-0.2, 0) is 4.79 Å². The molecule has 0 heterocycles. The minimum absolute atomic E-state index is 0.206. The number of hydrogen-bond donors (Lipinski definition) is 3. The van der Waals surface area contributed by atoms with Gasteiger partial charge in [0.1, 0.15) is 5.75 Å². The highest BCUT2D eigenvalue weighted by Crippen LogP contribution is 2.27. The van der Waals surface area contributed by atoms with Crippen LogP contribution in [0.1, 0.15) is 18.1 Å². The van der Waals surface area contributed by atoms with E-state index in [2.05, 4.69) is 5.32 Å². The maximum Gasteiger partial charge on any atom is 0.241 e. The van der Waals surface area contributed by atoms with Crippen LogP contribution in [0, 0.1) is 13.8 Å². The number of benzene rings is 1. The summed E-state index contributed by atoms with van der Waals surface area (Å²) in [6.07, 6.45) is 0. The number of rotatable bonds is 2. The van der Waals surface area contributed by atoms with Gasteiger partial charge in [0.05, 0.1) is 6.04 Å². The Labute approximate surface area is 89.1 Å². The van der Waals surface area contributed by atoms with E-state index in [9.17, 15) is 9.90 Å². The Morgan fingerprint density at radius 2 is 2.07 bits per heavy atom. The van der Waals surface area contributed by atoms with Gasteiger partial charge in [-0.15, -0.1) is 0 Å². The molecular formula is C11H16N2O2. The minimum Gasteiger partial charge on any atom is -0.507 e. The van der Waals surface area contributed by atoms with Crippen molar-refractivity contribution >= 4 is 11.6 Å². The molecule has 1 aromatic rings. The van der Waals surface area contributed by atoms with Gasteiger partial charge in [0, 0.05) is 11.3 Å². The molecule has 0 saturated carbocycles. The number of aromatic hydroxyl groups is 1. The Bertz CT molecular complexity index is 386. The highest BCUT2D eigenvalue weighted by Gasteiger charge is 2.11. The summed E-state index contributed by atoms with van der Waals surface area (Å²) in [6.45, 7) is 5.16. The first-order chi connectivity index (χ1) is 6.93. The summed E-state index contributed by atoms with van der Waals surface area (Å²) < 4.78 is 0. The van der Waals surface area contributed by atoms with Gasteiger partial charge in [0.2, 0.25) is 5.91 Å². The normalized spacial score (nSPS) is 12.3. The van der Waals surface area contributed by atoms with Crippen LogP contribution < -0.4 is 11.1 Å². The first-order valence-corrected chi connectivity index (χ1v) is 4.79. The first kappa shape index (κ1) is 11.5. The molecule has 4 N–H and O–H groups in total. The predicted molar refractivity (Wildman–Crippen MR) is 59.9 cm³/mol. The van der Waals surface area contributed by atoms with E-state index in [0.717, 1.165) is 5.56 Å². The topological polar surface area (TPSA) is 75.4 Å². The molecule has 82 valence electrons. The second kappa shape index (κ2) is 4.31. The van der Waals surface area contributed by atoms with E-state index in [-0.39, 0.29) is 11.7 Å². The van der Waals surface area contributed by atoms with E-state index in [4.69, 9.17) is 5.73 Å². The van der Waals surface area contributed by atoms with Crippen molar-refractivity contribution in [3.8, 4) is 5.75 Å². The third kappa shape index (κ3) is 2.47. The maximum absolute atomic E-state index is 11.3. The highest BCUT2D eigenvalue weighted by atomic mass is 16.3. The number of aryl methyl sites for hydroxylation is 1. The molecule has 0 radical (unpaired) electrons. The van der Waals surface area contributed by atoms with E-state index in [1.165, 1.54) is 0 Å². The average molecular weight is 208 g/mol. The largest absolute Gasteiger partial charge is 0.507 e. The molecule has 4 nitrogen and oxygen atoms in total. The molecule has 0 aromatic heterocycles. The molecule has 1 atom stereocenters. The van der Waals surface area contributed by atoms with Crippen LogP contribution in [0.2, 0.25) is 0 Å². The van der Waals surface area contributed by atoms with E-state index < -0.39 is 6.04 Å². The Kier molecular flexibility index (Phi) is 3.31. The molecule has 15 heavy (non-hydrogen) atoms. The Hall–Kier alpha value is -1.55. The Balaban J connectivity index is 2.97. The number of amides is 1. The molecule has 1 aromatic carbocycles. The molecule has 0 aliphatic rings. The number of nitrogens with one attached hydrogen (secondary N) is 1. The summed E-state index contributed by atoms with van der Waals surface area (Å²) in [5.41, 5.74) is 7.46. The predicted octanol–water partition coefficient (Wildman–Crippen LogP) is 1.29. The van der Waals surface area contributed by atoms with Crippen molar-refractivity contribution in [2.75, 3.05) is 5.32 Å². The van der Waals surface area contributed by atoms with Crippen LogP contribution in [0.5, 0.6) is 5.75 Å². The summed E-state index contributed by atoms with van der Waals surface area (Å²) in [5, 5.41) is 12.3. The fourth-order valence-electron chi connectivity index (χ4n) is 1.22. The third-order valence-electron chi connectivity index (χ3n) is 2.30. The average Bonchev–Trinajstić information content (AvgIpc) is 2.18. The van der Waals surface area contributed by atoms with E-state index in [0.29, 0.717) is 11.3 Å². The van der Waals surface area contributed by atoms with Crippen LogP contribution in [0.25, 0.3) is 0 Å². The van der Waals surface area contributed by atoms with Gasteiger partial charge >= 0.3 is 0 Å². The summed E-state index contributed by atoms with van der Waals surface area (Å²) in [4.78, 5) is 11.3. The minimum atomic E-state index is -0.562. The number of phenolic OH excluding ortho intramolecular Hbond substituents is 1. The monoisotopic (exact) mass is 208 g/mol. The molecule has 1 rings (SSSR count). The molecule has 0 saturated heterocycles. The lowest BCUT2D eigenvalue weighted by Gasteiger charge is -2.12. The zero-order valence-corrected chi connectivity index (χ0v) is 9.16. The van der Waals surface area contributed by atoms with Gasteiger partial charge in [-0.2, -0.15) is 0 Å². The lowest BCUT2D eigenvalue weighted by molar-refractivity contribution is -0.117. The van der Waals surface area contributed by atoms with Crippen LogP contribution in [0.15, 0.2) is 12.1 Å². The molecule has 0 aliphatic heterocycles. The molecule has 0 aliphatic carbocycles. The lowest BCUT2D eigenvalue weighted by Crippen LogP contribution is -2.32. The Morgan fingerprint density at radius 1 is 1.47 bits per heavy atom. The van der Waals surface area contributed by atoms with Gasteiger partial charge < -0.3 is 16.2 Å². The molecule has 4 heteroatoms. The van der Waals surface area contributed by atoms with Gasteiger partial charge in [-0.1, -0.05) is 6.07 Å². The molecule has 0 spiro atoms. The summed E-state index contributed by atoms with van der Waals surface area (Å²) in [7, 11) is 0. The van der Waals surface area contributed by atoms with Gasteiger partial charge in [-0.25, -0.2) is 0 Å². The number of nitrogens with two attached hydrogens (primary N) is 1. The van der Waals surface area contributed by atoms with Crippen molar-refractivity contribution in [2.24, 2.45) is 5.73 Å². The zero-order chi connectivity index (χ0) is 11.6. The summed E-state index contributed by atoms with van der Waals surface area (Å²) in [5.74, 6) is -0.0566. The van der Waals surface area contributed by atoms with Crippen LogP contribution in [-0.4, -0.2) is 17.1 Å². The molecule has 1 amide bonds. The second-order valence-corrected chi connectivity index (χ2v) is 3.68. The van der Waals surface area contributed by atoms with Crippen molar-refractivity contribution < 1.29 is 9.90 Å². The fourth-order valence-corrected chi connectivity index (χ4v) is 1.22. The molecule has 0 bridgehead atoms. The van der Waals surface area contributed by atoms with Crippen molar-refractivity contribution in [3.63, 3.8) is 0 Å². The van der Waals surface area contributed by atoms with E-state index >= 15 is 0 Å². The van der Waals surface area contributed by atoms with Gasteiger partial charge in [-0.3, -0.25) is 4.79 Å². The number of carbonyl (C=O) groups is 1. The van der Waals surface area contributed by atoms with Gasteiger partial charge in [0.15, 0.2) is 0 Å². The summed E-state index contributed by atoms with van der Waals surface area (Å²) >= 11 is 0. The van der Waals surface area contributed by atoms with E-state index in [1.807, 2.05) is 0 Å². The summed E-state index contributed by atoms with van der Waals surface area (Å²) in [6, 6.07) is 2.94. The van der Waals surface area contributed by atoms with Crippen LogP contribution in [0.3, 0.4) is 0 Å².